The van der Waals surface area contributed by atoms with Crippen molar-refractivity contribution < 1.29 is 28.6 Å². The fourth-order valence-electron chi connectivity index (χ4n) is 2.20. The molecule has 0 unspecified atom stereocenters. The molecule has 0 radical (unpaired) electrons. The number of carbonyl (C=O) groups excluding carboxylic acids is 3. The number of para-hydroxylation sites is 1. The lowest BCUT2D eigenvalue weighted by Crippen LogP contribution is -2.21. The molecule has 2 aromatic rings. The van der Waals surface area contributed by atoms with Crippen molar-refractivity contribution in [3.63, 3.8) is 0 Å². The molecule has 0 saturated carbocycles. The highest BCUT2D eigenvalue weighted by molar-refractivity contribution is 5.99. The number of benzene rings is 2. The summed E-state index contributed by atoms with van der Waals surface area (Å²) in [6.07, 6.45) is 0. The van der Waals surface area contributed by atoms with Gasteiger partial charge in [-0.15, -0.1) is 0 Å². The number of carbonyl (C=O) groups is 3. The Hall–Kier alpha value is -3.86. The van der Waals surface area contributed by atoms with Gasteiger partial charge in [0, 0.05) is 5.69 Å². The minimum absolute atomic E-state index is 0.0754. The first-order chi connectivity index (χ1) is 13.0. The molecule has 0 aromatic heterocycles. The molecule has 1 amide bonds. The highest BCUT2D eigenvalue weighted by Gasteiger charge is 2.15. The van der Waals surface area contributed by atoms with Gasteiger partial charge in [-0.3, -0.25) is 4.79 Å². The van der Waals surface area contributed by atoms with Crippen molar-refractivity contribution in [2.24, 2.45) is 0 Å². The average Bonchev–Trinajstić information content (AvgIpc) is 2.70. The third kappa shape index (κ3) is 5.06. The van der Waals surface area contributed by atoms with Gasteiger partial charge in [0.1, 0.15) is 11.8 Å². The van der Waals surface area contributed by atoms with Gasteiger partial charge < -0.3 is 19.5 Å². The molecule has 138 valence electrons. The average molecular weight is 368 g/mol. The van der Waals surface area contributed by atoms with Gasteiger partial charge in [-0.05, 0) is 30.3 Å². The molecule has 0 heterocycles. The number of rotatable bonds is 6. The van der Waals surface area contributed by atoms with Crippen LogP contribution in [0.1, 0.15) is 26.3 Å². The Morgan fingerprint density at radius 3 is 2.15 bits per heavy atom. The number of esters is 2. The van der Waals surface area contributed by atoms with Crippen molar-refractivity contribution in [3.8, 4) is 11.8 Å². The van der Waals surface area contributed by atoms with Crippen LogP contribution in [0.4, 0.5) is 5.69 Å². The molecule has 0 atom stereocenters. The number of nitriles is 1. The predicted octanol–water partition coefficient (Wildman–Crippen LogP) is 2.15. The number of ether oxygens (including phenoxy) is 3. The maximum Gasteiger partial charge on any atom is 0.337 e. The summed E-state index contributed by atoms with van der Waals surface area (Å²) in [5.41, 5.74) is 0.643. The van der Waals surface area contributed by atoms with E-state index in [1.807, 2.05) is 6.07 Å². The molecule has 0 aliphatic heterocycles. The number of amides is 1. The molecule has 27 heavy (non-hydrogen) atoms. The second kappa shape index (κ2) is 9.01. The van der Waals surface area contributed by atoms with Crippen LogP contribution in [0, 0.1) is 11.3 Å². The van der Waals surface area contributed by atoms with E-state index in [1.165, 1.54) is 32.4 Å². The second-order valence-corrected chi connectivity index (χ2v) is 5.23. The standard InChI is InChI=1S/C19H16N2O6/c1-25-18(23)13-7-14(19(24)26-2)9-15(8-13)21-17(22)11-27-16-6-4-3-5-12(16)10-20/h3-9H,11H2,1-2H3,(H,21,22). The summed E-state index contributed by atoms with van der Waals surface area (Å²) in [6, 6.07) is 12.5. The summed E-state index contributed by atoms with van der Waals surface area (Å²) in [5, 5.41) is 11.5. The van der Waals surface area contributed by atoms with Crippen LogP contribution in [-0.2, 0) is 14.3 Å². The van der Waals surface area contributed by atoms with Gasteiger partial charge in [-0.25, -0.2) is 9.59 Å². The van der Waals surface area contributed by atoms with E-state index in [0.29, 0.717) is 5.56 Å². The third-order valence-electron chi connectivity index (χ3n) is 3.43. The van der Waals surface area contributed by atoms with Crippen LogP contribution in [0.25, 0.3) is 0 Å². The SMILES string of the molecule is COC(=O)c1cc(NC(=O)COc2ccccc2C#N)cc(C(=O)OC)c1. The monoisotopic (exact) mass is 368 g/mol. The van der Waals surface area contributed by atoms with E-state index in [2.05, 4.69) is 14.8 Å². The first kappa shape index (κ1) is 19.5. The molecule has 0 saturated heterocycles. The van der Waals surface area contributed by atoms with Crippen LogP contribution in [0.5, 0.6) is 5.75 Å². The fraction of sp³-hybridized carbons (Fsp3) is 0.158. The number of methoxy groups -OCH3 is 2. The molecule has 0 aliphatic carbocycles. The molecule has 0 bridgehead atoms. The fourth-order valence-corrected chi connectivity index (χ4v) is 2.20. The Morgan fingerprint density at radius 2 is 1.59 bits per heavy atom. The zero-order valence-corrected chi connectivity index (χ0v) is 14.6. The lowest BCUT2D eigenvalue weighted by Gasteiger charge is -2.11. The highest BCUT2D eigenvalue weighted by atomic mass is 16.5. The molecule has 0 aliphatic rings. The van der Waals surface area contributed by atoms with Gasteiger partial charge in [0.2, 0.25) is 0 Å². The van der Waals surface area contributed by atoms with E-state index in [4.69, 9.17) is 10.00 Å². The normalized spacial score (nSPS) is 9.67. The maximum absolute atomic E-state index is 12.1. The lowest BCUT2D eigenvalue weighted by atomic mass is 10.1. The Bertz CT molecular complexity index is 882. The molecule has 2 aromatic carbocycles. The first-order valence-electron chi connectivity index (χ1n) is 7.72. The Labute approximate surface area is 155 Å². The summed E-state index contributed by atoms with van der Waals surface area (Å²) in [7, 11) is 2.40. The number of nitrogens with zero attached hydrogens (tertiary/aromatic N) is 1. The van der Waals surface area contributed by atoms with Crippen molar-refractivity contribution in [2.45, 2.75) is 0 Å². The largest absolute Gasteiger partial charge is 0.482 e. The summed E-state index contributed by atoms with van der Waals surface area (Å²) < 4.78 is 14.6. The molecular weight excluding hydrogens is 352 g/mol. The summed E-state index contributed by atoms with van der Waals surface area (Å²) in [4.78, 5) is 35.6. The van der Waals surface area contributed by atoms with Crippen molar-refractivity contribution >= 4 is 23.5 Å². The summed E-state index contributed by atoms with van der Waals surface area (Å²) in [5.74, 6) is -1.61. The van der Waals surface area contributed by atoms with Crippen molar-refractivity contribution in [2.75, 3.05) is 26.1 Å². The zero-order chi connectivity index (χ0) is 19.8. The van der Waals surface area contributed by atoms with E-state index >= 15 is 0 Å². The van der Waals surface area contributed by atoms with Crippen molar-refractivity contribution in [3.05, 3.63) is 59.2 Å². The van der Waals surface area contributed by atoms with Crippen LogP contribution in [0.3, 0.4) is 0 Å². The van der Waals surface area contributed by atoms with Gasteiger partial charge in [-0.2, -0.15) is 5.26 Å². The lowest BCUT2D eigenvalue weighted by molar-refractivity contribution is -0.118. The molecule has 2 rings (SSSR count). The number of nitrogens with one attached hydrogen (secondary N) is 1. The maximum atomic E-state index is 12.1. The first-order valence-corrected chi connectivity index (χ1v) is 7.72. The van der Waals surface area contributed by atoms with Gasteiger partial charge in [0.05, 0.1) is 30.9 Å². The van der Waals surface area contributed by atoms with Gasteiger partial charge in [0.25, 0.3) is 5.91 Å². The van der Waals surface area contributed by atoms with Gasteiger partial charge in [-0.1, -0.05) is 12.1 Å². The van der Waals surface area contributed by atoms with E-state index in [9.17, 15) is 14.4 Å². The van der Waals surface area contributed by atoms with Gasteiger partial charge in [0.15, 0.2) is 6.61 Å². The topological polar surface area (TPSA) is 115 Å². The number of hydrogen-bond acceptors (Lipinski definition) is 7. The predicted molar refractivity (Wildman–Crippen MR) is 94.4 cm³/mol. The third-order valence-corrected chi connectivity index (χ3v) is 3.43. The Balaban J connectivity index is 2.15. The number of hydrogen-bond donors (Lipinski definition) is 1. The van der Waals surface area contributed by atoms with E-state index in [0.717, 1.165) is 0 Å². The van der Waals surface area contributed by atoms with Crippen LogP contribution in [-0.4, -0.2) is 38.7 Å². The molecule has 8 heteroatoms. The summed E-state index contributed by atoms with van der Waals surface area (Å²) in [6.45, 7) is -0.366. The second-order valence-electron chi connectivity index (χ2n) is 5.23. The highest BCUT2D eigenvalue weighted by Crippen LogP contribution is 2.18. The zero-order valence-electron chi connectivity index (χ0n) is 14.6. The summed E-state index contributed by atoms with van der Waals surface area (Å²) >= 11 is 0. The molecule has 0 spiro atoms. The smallest absolute Gasteiger partial charge is 0.337 e. The van der Waals surface area contributed by atoms with Crippen LogP contribution in [0.2, 0.25) is 0 Å². The molecule has 8 nitrogen and oxygen atoms in total. The van der Waals surface area contributed by atoms with Gasteiger partial charge >= 0.3 is 11.9 Å². The van der Waals surface area contributed by atoms with Crippen LogP contribution < -0.4 is 10.1 Å². The Morgan fingerprint density at radius 1 is 1.00 bits per heavy atom. The van der Waals surface area contributed by atoms with E-state index in [1.54, 1.807) is 24.3 Å². The molecule has 1 N–H and O–H groups in total. The van der Waals surface area contributed by atoms with E-state index in [-0.39, 0.29) is 29.2 Å². The quantitative estimate of drug-likeness (QED) is 0.777. The molecular formula is C19H16N2O6. The van der Waals surface area contributed by atoms with E-state index < -0.39 is 17.8 Å². The minimum atomic E-state index is -0.671. The van der Waals surface area contributed by atoms with Crippen molar-refractivity contribution in [1.82, 2.24) is 0 Å². The van der Waals surface area contributed by atoms with Crippen LogP contribution >= 0.6 is 0 Å². The van der Waals surface area contributed by atoms with Crippen molar-refractivity contribution in [1.29, 1.82) is 5.26 Å². The molecule has 0 fully saturated rings. The number of anilines is 1. The minimum Gasteiger partial charge on any atom is -0.482 e. The van der Waals surface area contributed by atoms with Crippen LogP contribution in [0.15, 0.2) is 42.5 Å². The Kier molecular flexibility index (Phi) is 6.49.